The third-order valence-corrected chi connectivity index (χ3v) is 5.26. The molecule has 1 unspecified atom stereocenters. The van der Waals surface area contributed by atoms with Gasteiger partial charge < -0.3 is 16.0 Å². The summed E-state index contributed by atoms with van der Waals surface area (Å²) in [6.07, 6.45) is 0.642. The number of amides is 3. The van der Waals surface area contributed by atoms with Crippen LogP contribution in [0, 0.1) is 0 Å². The topological polar surface area (TPSA) is 151 Å². The average Bonchev–Trinajstić information content (AvgIpc) is 2.82. The number of aromatic nitrogens is 3. The molecular weight excluding hydrogens is 412 g/mol. The van der Waals surface area contributed by atoms with Gasteiger partial charge in [-0.05, 0) is 35.7 Å². The van der Waals surface area contributed by atoms with Crippen LogP contribution in [-0.4, -0.2) is 50.9 Å². The van der Waals surface area contributed by atoms with Gasteiger partial charge in [0.15, 0.2) is 0 Å². The number of hydrogen-bond acceptors (Lipinski definition) is 6. The van der Waals surface area contributed by atoms with E-state index < -0.39 is 23.4 Å². The fourth-order valence-electron chi connectivity index (χ4n) is 3.70. The molecule has 0 bridgehead atoms. The van der Waals surface area contributed by atoms with Gasteiger partial charge in [0.05, 0.1) is 6.04 Å². The molecule has 4 rings (SSSR count). The Balaban J connectivity index is 1.61. The Labute approximate surface area is 182 Å². The number of nitrogens with two attached hydrogens (primary N) is 1. The summed E-state index contributed by atoms with van der Waals surface area (Å²) in [7, 11) is 0. The summed E-state index contributed by atoms with van der Waals surface area (Å²) in [4.78, 5) is 54.2. The Morgan fingerprint density at radius 3 is 2.56 bits per heavy atom. The van der Waals surface area contributed by atoms with Crippen LogP contribution < -0.4 is 16.6 Å². The van der Waals surface area contributed by atoms with Crippen LogP contribution in [0.1, 0.15) is 48.6 Å². The second kappa shape index (κ2) is 8.80. The largest absolute Gasteiger partial charge is 0.364 e. The van der Waals surface area contributed by atoms with Crippen LogP contribution in [0.4, 0.5) is 0 Å². The minimum Gasteiger partial charge on any atom is -0.364 e. The first-order chi connectivity index (χ1) is 15.4. The molecule has 32 heavy (non-hydrogen) atoms. The number of primary amides is 1. The van der Waals surface area contributed by atoms with E-state index in [0.717, 1.165) is 11.1 Å². The highest BCUT2D eigenvalue weighted by atomic mass is 16.2. The standard InChI is InChI=1S/C22H20N6O4/c23-20(30)15-6-3-7-17(25-15)22(32)28-11-10-13-4-1-2-5-14(13)18(28)12-24-21(31)16-8-9-19(29)27-26-16/h1-9,18H,10-12H2,(H2,23,30)(H,24,31)(H,27,29). The van der Waals surface area contributed by atoms with Gasteiger partial charge in [-0.2, -0.15) is 5.10 Å². The number of H-pyrrole nitrogens is 1. The zero-order chi connectivity index (χ0) is 22.7. The van der Waals surface area contributed by atoms with Gasteiger partial charge in [-0.15, -0.1) is 0 Å². The first kappa shape index (κ1) is 20.9. The van der Waals surface area contributed by atoms with E-state index in [1.807, 2.05) is 24.3 Å². The molecule has 0 radical (unpaired) electrons. The number of nitrogens with one attached hydrogen (secondary N) is 2. The molecule has 1 aromatic carbocycles. The fraction of sp³-hybridized carbons (Fsp3) is 0.182. The second-order valence-corrected chi connectivity index (χ2v) is 7.25. The zero-order valence-electron chi connectivity index (χ0n) is 16.9. The van der Waals surface area contributed by atoms with Crippen molar-refractivity contribution < 1.29 is 14.4 Å². The molecule has 1 aliphatic rings. The molecule has 0 saturated heterocycles. The van der Waals surface area contributed by atoms with Crippen molar-refractivity contribution in [3.8, 4) is 0 Å². The molecule has 4 N–H and O–H groups in total. The van der Waals surface area contributed by atoms with Crippen LogP contribution >= 0.6 is 0 Å². The Bertz CT molecular complexity index is 1230. The molecule has 10 nitrogen and oxygen atoms in total. The van der Waals surface area contributed by atoms with Crippen molar-refractivity contribution in [1.29, 1.82) is 0 Å². The lowest BCUT2D eigenvalue weighted by Crippen LogP contribution is -2.45. The van der Waals surface area contributed by atoms with Crippen molar-refractivity contribution in [1.82, 2.24) is 25.4 Å². The summed E-state index contributed by atoms with van der Waals surface area (Å²) in [5.41, 5.74) is 7.03. The average molecular weight is 432 g/mol. The Kier molecular flexibility index (Phi) is 5.75. The Morgan fingerprint density at radius 1 is 1.03 bits per heavy atom. The van der Waals surface area contributed by atoms with Crippen molar-refractivity contribution in [2.45, 2.75) is 12.5 Å². The summed E-state index contributed by atoms with van der Waals surface area (Å²) in [5, 5.41) is 8.73. The van der Waals surface area contributed by atoms with Crippen molar-refractivity contribution in [2.75, 3.05) is 13.1 Å². The predicted octanol–water partition coefficient (Wildman–Crippen LogP) is 0.433. The van der Waals surface area contributed by atoms with Crippen LogP contribution in [0.5, 0.6) is 0 Å². The predicted molar refractivity (Wildman–Crippen MR) is 114 cm³/mol. The molecule has 1 atom stereocenters. The van der Waals surface area contributed by atoms with Crippen molar-refractivity contribution in [3.05, 3.63) is 93.2 Å². The van der Waals surface area contributed by atoms with E-state index in [1.54, 1.807) is 11.0 Å². The first-order valence-electron chi connectivity index (χ1n) is 9.93. The van der Waals surface area contributed by atoms with Gasteiger partial charge in [-0.25, -0.2) is 10.1 Å². The Hall–Kier alpha value is -4.34. The number of hydrogen-bond donors (Lipinski definition) is 3. The maximum Gasteiger partial charge on any atom is 0.273 e. The molecular formula is C22H20N6O4. The van der Waals surface area contributed by atoms with E-state index in [1.165, 1.54) is 24.3 Å². The Morgan fingerprint density at radius 2 is 1.81 bits per heavy atom. The lowest BCUT2D eigenvalue weighted by atomic mass is 9.92. The minimum atomic E-state index is -0.721. The van der Waals surface area contributed by atoms with Gasteiger partial charge in [0.2, 0.25) is 0 Å². The summed E-state index contributed by atoms with van der Waals surface area (Å²) in [5.74, 6) is -1.57. The highest BCUT2D eigenvalue weighted by Gasteiger charge is 2.32. The summed E-state index contributed by atoms with van der Waals surface area (Å²) in [6.45, 7) is 0.535. The highest BCUT2D eigenvalue weighted by molar-refractivity contribution is 5.96. The van der Waals surface area contributed by atoms with Gasteiger partial charge in [-0.1, -0.05) is 30.3 Å². The van der Waals surface area contributed by atoms with E-state index in [0.29, 0.717) is 13.0 Å². The number of benzene rings is 1. The van der Waals surface area contributed by atoms with E-state index in [4.69, 9.17) is 5.73 Å². The molecule has 3 amide bonds. The fourth-order valence-corrected chi connectivity index (χ4v) is 3.70. The maximum absolute atomic E-state index is 13.3. The van der Waals surface area contributed by atoms with E-state index in [2.05, 4.69) is 20.5 Å². The molecule has 3 aromatic rings. The van der Waals surface area contributed by atoms with Crippen LogP contribution in [0.3, 0.4) is 0 Å². The smallest absolute Gasteiger partial charge is 0.273 e. The van der Waals surface area contributed by atoms with Crippen molar-refractivity contribution in [3.63, 3.8) is 0 Å². The maximum atomic E-state index is 13.3. The molecule has 10 heteroatoms. The second-order valence-electron chi connectivity index (χ2n) is 7.25. The minimum absolute atomic E-state index is 0.00209. The lowest BCUT2D eigenvalue weighted by molar-refractivity contribution is 0.0642. The first-order valence-corrected chi connectivity index (χ1v) is 9.93. The monoisotopic (exact) mass is 432 g/mol. The number of rotatable bonds is 5. The zero-order valence-corrected chi connectivity index (χ0v) is 16.9. The number of carbonyl (C=O) groups excluding carboxylic acids is 3. The number of fused-ring (bicyclic) bond motifs is 1. The van der Waals surface area contributed by atoms with Crippen LogP contribution in [-0.2, 0) is 6.42 Å². The van der Waals surface area contributed by atoms with Crippen molar-refractivity contribution in [2.24, 2.45) is 5.73 Å². The van der Waals surface area contributed by atoms with Crippen LogP contribution in [0.15, 0.2) is 59.4 Å². The lowest BCUT2D eigenvalue weighted by Gasteiger charge is -2.37. The highest BCUT2D eigenvalue weighted by Crippen LogP contribution is 2.30. The molecule has 3 heterocycles. The molecule has 0 fully saturated rings. The quantitative estimate of drug-likeness (QED) is 0.532. The number of pyridine rings is 1. The molecule has 2 aromatic heterocycles. The summed E-state index contributed by atoms with van der Waals surface area (Å²) >= 11 is 0. The van der Waals surface area contributed by atoms with E-state index in [-0.39, 0.29) is 29.5 Å². The molecule has 0 saturated carbocycles. The van der Waals surface area contributed by atoms with E-state index >= 15 is 0 Å². The van der Waals surface area contributed by atoms with Gasteiger partial charge in [0.1, 0.15) is 17.1 Å². The van der Waals surface area contributed by atoms with Gasteiger partial charge in [0.25, 0.3) is 23.3 Å². The summed E-state index contributed by atoms with van der Waals surface area (Å²) < 4.78 is 0. The number of nitrogens with zero attached hydrogens (tertiary/aromatic N) is 3. The van der Waals surface area contributed by atoms with E-state index in [9.17, 15) is 19.2 Å². The number of aromatic amines is 1. The van der Waals surface area contributed by atoms with Gasteiger partial charge in [-0.3, -0.25) is 19.2 Å². The van der Waals surface area contributed by atoms with Crippen LogP contribution in [0.2, 0.25) is 0 Å². The molecule has 0 aliphatic carbocycles. The molecule has 0 spiro atoms. The third kappa shape index (κ3) is 4.24. The number of carbonyl (C=O) groups is 3. The van der Waals surface area contributed by atoms with Gasteiger partial charge >= 0.3 is 0 Å². The molecule has 162 valence electrons. The normalized spacial score (nSPS) is 15.0. The van der Waals surface area contributed by atoms with Crippen molar-refractivity contribution >= 4 is 17.7 Å². The van der Waals surface area contributed by atoms with Gasteiger partial charge in [0, 0.05) is 19.2 Å². The van der Waals surface area contributed by atoms with Crippen LogP contribution in [0.25, 0.3) is 0 Å². The third-order valence-electron chi connectivity index (χ3n) is 5.26. The SMILES string of the molecule is NC(=O)c1cccc(C(=O)N2CCc3ccccc3C2CNC(=O)c2ccc(=O)[nH]n2)n1. The summed E-state index contributed by atoms with van der Waals surface area (Å²) in [6, 6.07) is 14.3. The molecule has 1 aliphatic heterocycles.